The van der Waals surface area contributed by atoms with Crippen LogP contribution in [0.5, 0.6) is 0 Å². The van der Waals surface area contributed by atoms with Crippen molar-refractivity contribution in [1.29, 1.82) is 0 Å². The predicted octanol–water partition coefficient (Wildman–Crippen LogP) is 2.95. The van der Waals surface area contributed by atoms with Crippen molar-refractivity contribution in [2.24, 2.45) is 0 Å². The summed E-state index contributed by atoms with van der Waals surface area (Å²) in [6.07, 6.45) is 3.83. The lowest BCUT2D eigenvalue weighted by Crippen LogP contribution is -2.45. The molecule has 0 aliphatic carbocycles. The molecule has 0 atom stereocenters. The van der Waals surface area contributed by atoms with Gasteiger partial charge in [0.1, 0.15) is 0 Å². The van der Waals surface area contributed by atoms with E-state index in [1.54, 1.807) is 0 Å². The van der Waals surface area contributed by atoms with Gasteiger partial charge < -0.3 is 9.88 Å². The maximum atomic E-state index is 13.0. The first kappa shape index (κ1) is 18.2. The number of aromatic nitrogens is 2. The summed E-state index contributed by atoms with van der Waals surface area (Å²) >= 11 is 0. The van der Waals surface area contributed by atoms with E-state index in [0.717, 1.165) is 62.0 Å². The number of nitrogens with one attached hydrogen (secondary N) is 1. The smallest absolute Gasteiger partial charge is 0.311 e. The number of carbonyl (C=O) groups excluding carboxylic acids is 1. The standard InChI is InChI=1S/C23H26N4O2/c28-22(26-13-5-7-17-6-1-3-9-20(17)26)16-25-14-11-18(12-15-25)27-21-10-4-2-8-19(21)24-23(27)29/h1-4,6,8-10,18H,5,7,11-16H2,(H,24,29). The van der Waals surface area contributed by atoms with Gasteiger partial charge in [0.15, 0.2) is 0 Å². The van der Waals surface area contributed by atoms with Gasteiger partial charge in [-0.2, -0.15) is 0 Å². The number of hydrogen-bond donors (Lipinski definition) is 1. The fraction of sp³-hybridized carbons (Fsp3) is 0.391. The Morgan fingerprint density at radius 3 is 2.62 bits per heavy atom. The zero-order valence-electron chi connectivity index (χ0n) is 16.5. The molecule has 1 saturated heterocycles. The van der Waals surface area contributed by atoms with Crippen LogP contribution in [-0.2, 0) is 11.2 Å². The number of para-hydroxylation sites is 3. The Labute approximate surface area is 169 Å². The molecule has 2 aromatic carbocycles. The summed E-state index contributed by atoms with van der Waals surface area (Å²) in [5.74, 6) is 0.180. The maximum Gasteiger partial charge on any atom is 0.326 e. The monoisotopic (exact) mass is 390 g/mol. The third-order valence-corrected chi connectivity index (χ3v) is 6.32. The number of fused-ring (bicyclic) bond motifs is 2. The van der Waals surface area contributed by atoms with E-state index in [1.165, 1.54) is 5.56 Å². The Bertz CT molecular complexity index is 1090. The van der Waals surface area contributed by atoms with E-state index in [9.17, 15) is 9.59 Å². The summed E-state index contributed by atoms with van der Waals surface area (Å²) in [4.78, 5) is 32.6. The van der Waals surface area contributed by atoms with Crippen LogP contribution in [0.1, 0.15) is 30.9 Å². The molecular formula is C23H26N4O2. The molecule has 0 radical (unpaired) electrons. The number of H-pyrrole nitrogens is 1. The SMILES string of the molecule is O=C(CN1CCC(n2c(=O)[nH]c3ccccc32)CC1)N1CCCc2ccccc21. The van der Waals surface area contributed by atoms with E-state index < -0.39 is 0 Å². The van der Waals surface area contributed by atoms with Gasteiger partial charge in [-0.15, -0.1) is 0 Å². The van der Waals surface area contributed by atoms with Gasteiger partial charge in [-0.25, -0.2) is 4.79 Å². The van der Waals surface area contributed by atoms with Crippen LogP contribution in [0.3, 0.4) is 0 Å². The first-order valence-electron chi connectivity index (χ1n) is 10.5. The number of aryl methyl sites for hydroxylation is 1. The summed E-state index contributed by atoms with van der Waals surface area (Å²) in [5.41, 5.74) is 4.16. The Hall–Kier alpha value is -2.86. The molecule has 0 saturated carbocycles. The number of hydrogen-bond acceptors (Lipinski definition) is 3. The Morgan fingerprint density at radius 1 is 1.00 bits per heavy atom. The second-order valence-electron chi connectivity index (χ2n) is 8.10. The molecule has 1 fully saturated rings. The van der Waals surface area contributed by atoms with Gasteiger partial charge in [-0.3, -0.25) is 14.3 Å². The first-order chi connectivity index (χ1) is 14.2. The summed E-state index contributed by atoms with van der Waals surface area (Å²) in [5, 5.41) is 0. The van der Waals surface area contributed by atoms with Crippen molar-refractivity contribution < 1.29 is 4.79 Å². The van der Waals surface area contributed by atoms with Crippen molar-refractivity contribution in [3.05, 3.63) is 64.6 Å². The van der Waals surface area contributed by atoms with E-state index in [0.29, 0.717) is 6.54 Å². The topological polar surface area (TPSA) is 61.3 Å². The average molecular weight is 390 g/mol. The van der Waals surface area contributed by atoms with Crippen LogP contribution < -0.4 is 10.6 Å². The molecule has 1 amide bonds. The zero-order chi connectivity index (χ0) is 19.8. The lowest BCUT2D eigenvalue weighted by atomic mass is 10.0. The van der Waals surface area contributed by atoms with E-state index in [-0.39, 0.29) is 17.6 Å². The highest BCUT2D eigenvalue weighted by Gasteiger charge is 2.27. The molecule has 6 nitrogen and oxygen atoms in total. The Morgan fingerprint density at radius 2 is 1.76 bits per heavy atom. The molecule has 0 spiro atoms. The molecule has 2 aliphatic rings. The summed E-state index contributed by atoms with van der Waals surface area (Å²) in [6, 6.07) is 16.3. The largest absolute Gasteiger partial charge is 0.326 e. The highest BCUT2D eigenvalue weighted by molar-refractivity contribution is 5.96. The molecule has 150 valence electrons. The van der Waals surface area contributed by atoms with Gasteiger partial charge in [0.25, 0.3) is 0 Å². The van der Waals surface area contributed by atoms with Gasteiger partial charge in [0.05, 0.1) is 17.6 Å². The minimum atomic E-state index is -0.0364. The minimum absolute atomic E-state index is 0.0364. The predicted molar refractivity (Wildman–Crippen MR) is 114 cm³/mol. The van der Waals surface area contributed by atoms with Crippen molar-refractivity contribution in [2.45, 2.75) is 31.7 Å². The van der Waals surface area contributed by atoms with E-state index >= 15 is 0 Å². The molecule has 6 heteroatoms. The Balaban J connectivity index is 1.25. The van der Waals surface area contributed by atoms with Crippen molar-refractivity contribution in [1.82, 2.24) is 14.5 Å². The van der Waals surface area contributed by atoms with Gasteiger partial charge in [-0.05, 0) is 49.4 Å². The van der Waals surface area contributed by atoms with Crippen molar-refractivity contribution in [3.63, 3.8) is 0 Å². The maximum absolute atomic E-state index is 13.0. The highest BCUT2D eigenvalue weighted by Crippen LogP contribution is 2.28. The number of amides is 1. The van der Waals surface area contributed by atoms with Gasteiger partial charge >= 0.3 is 5.69 Å². The van der Waals surface area contributed by atoms with Crippen molar-refractivity contribution in [3.8, 4) is 0 Å². The van der Waals surface area contributed by atoms with E-state index in [1.807, 2.05) is 45.9 Å². The quantitative estimate of drug-likeness (QED) is 0.748. The molecule has 2 aliphatic heterocycles. The number of nitrogens with zero attached hydrogens (tertiary/aromatic N) is 3. The van der Waals surface area contributed by atoms with E-state index in [2.05, 4.69) is 22.0 Å². The lowest BCUT2D eigenvalue weighted by molar-refractivity contribution is -0.120. The van der Waals surface area contributed by atoms with E-state index in [4.69, 9.17) is 0 Å². The van der Waals surface area contributed by atoms with Crippen LogP contribution in [0.25, 0.3) is 11.0 Å². The number of rotatable bonds is 3. The van der Waals surface area contributed by atoms with Crippen LogP contribution in [-0.4, -0.2) is 46.5 Å². The first-order valence-corrected chi connectivity index (χ1v) is 10.5. The highest BCUT2D eigenvalue weighted by atomic mass is 16.2. The number of piperidine rings is 1. The van der Waals surface area contributed by atoms with Crippen molar-refractivity contribution >= 4 is 22.6 Å². The summed E-state index contributed by atoms with van der Waals surface area (Å²) < 4.78 is 1.90. The molecule has 3 aromatic rings. The van der Waals surface area contributed by atoms with Crippen LogP contribution in [0.2, 0.25) is 0 Å². The molecular weight excluding hydrogens is 364 g/mol. The Kier molecular flexibility index (Phi) is 4.72. The third-order valence-electron chi connectivity index (χ3n) is 6.32. The molecule has 0 unspecified atom stereocenters. The second-order valence-corrected chi connectivity index (χ2v) is 8.10. The number of carbonyl (C=O) groups is 1. The minimum Gasteiger partial charge on any atom is -0.311 e. The molecule has 3 heterocycles. The third kappa shape index (κ3) is 3.38. The zero-order valence-corrected chi connectivity index (χ0v) is 16.5. The van der Waals surface area contributed by atoms with Crippen LogP contribution in [0.4, 0.5) is 5.69 Å². The van der Waals surface area contributed by atoms with Gasteiger partial charge in [0.2, 0.25) is 5.91 Å². The average Bonchev–Trinajstić information content (AvgIpc) is 3.09. The summed E-state index contributed by atoms with van der Waals surface area (Å²) in [6.45, 7) is 2.91. The van der Waals surface area contributed by atoms with Crippen LogP contribution >= 0.6 is 0 Å². The van der Waals surface area contributed by atoms with Crippen LogP contribution in [0, 0.1) is 0 Å². The van der Waals surface area contributed by atoms with Gasteiger partial charge in [-0.1, -0.05) is 30.3 Å². The molecule has 1 aromatic heterocycles. The number of likely N-dealkylation sites (tertiary alicyclic amines) is 1. The van der Waals surface area contributed by atoms with Crippen molar-refractivity contribution in [2.75, 3.05) is 31.1 Å². The number of aromatic amines is 1. The fourth-order valence-electron chi connectivity index (χ4n) is 4.84. The van der Waals surface area contributed by atoms with Gasteiger partial charge in [0, 0.05) is 31.4 Å². The number of anilines is 1. The molecule has 5 rings (SSSR count). The lowest BCUT2D eigenvalue weighted by Gasteiger charge is -2.35. The van der Waals surface area contributed by atoms with Crippen LogP contribution in [0.15, 0.2) is 53.3 Å². The molecule has 0 bridgehead atoms. The molecule has 29 heavy (non-hydrogen) atoms. The molecule has 1 N–H and O–H groups in total. The number of benzene rings is 2. The summed E-state index contributed by atoms with van der Waals surface area (Å²) in [7, 11) is 0. The normalized spacial score (nSPS) is 18.1. The fourth-order valence-corrected chi connectivity index (χ4v) is 4.84. The second kappa shape index (κ2) is 7.52. The number of imidazole rings is 1.